The van der Waals surface area contributed by atoms with Gasteiger partial charge in [-0.2, -0.15) is 10.4 Å². The second-order valence-corrected chi connectivity index (χ2v) is 3.57. The number of hydrogen-bond acceptors (Lipinski definition) is 4. The zero-order chi connectivity index (χ0) is 13.0. The van der Waals surface area contributed by atoms with E-state index in [9.17, 15) is 4.79 Å². The minimum absolute atomic E-state index is 0.0433. The van der Waals surface area contributed by atoms with Gasteiger partial charge < -0.3 is 4.74 Å². The molecule has 90 valence electrons. The monoisotopic (exact) mass is 241 g/mol. The highest BCUT2D eigenvalue weighted by Crippen LogP contribution is 2.21. The predicted octanol–water partition coefficient (Wildman–Crippen LogP) is 1.71. The van der Waals surface area contributed by atoms with Crippen molar-refractivity contribution in [2.75, 3.05) is 6.61 Å². The Morgan fingerprint density at radius 2 is 2.28 bits per heavy atom. The van der Waals surface area contributed by atoms with E-state index >= 15 is 0 Å². The van der Waals surface area contributed by atoms with Crippen molar-refractivity contribution < 1.29 is 4.74 Å². The fourth-order valence-corrected chi connectivity index (χ4v) is 1.55. The number of nitrogens with one attached hydrogen (secondary N) is 1. The molecule has 0 aliphatic carbocycles. The highest BCUT2D eigenvalue weighted by molar-refractivity contribution is 5.61. The van der Waals surface area contributed by atoms with Gasteiger partial charge in [0.2, 0.25) is 0 Å². The maximum absolute atomic E-state index is 11.2. The van der Waals surface area contributed by atoms with Crippen molar-refractivity contribution in [3.8, 4) is 23.1 Å². The second kappa shape index (κ2) is 5.15. The molecule has 0 spiro atoms. The Labute approximate surface area is 104 Å². The lowest BCUT2D eigenvalue weighted by atomic mass is 10.1. The van der Waals surface area contributed by atoms with Crippen LogP contribution in [0.15, 0.2) is 35.1 Å². The standard InChI is InChI=1S/C13H11N3O2/c1-2-18-11-5-3-4-9(6-11)12-7-10(8-14)13(17)16-15-12/h3-7H,2H2,1H3,(H,16,17). The first-order chi connectivity index (χ1) is 8.74. The Balaban J connectivity index is 2.46. The fourth-order valence-electron chi connectivity index (χ4n) is 1.55. The van der Waals surface area contributed by atoms with Gasteiger partial charge in [-0.15, -0.1) is 0 Å². The number of rotatable bonds is 3. The van der Waals surface area contributed by atoms with Crippen LogP contribution in [0, 0.1) is 11.3 Å². The molecule has 1 aromatic carbocycles. The summed E-state index contributed by atoms with van der Waals surface area (Å²) in [6.45, 7) is 2.48. The minimum Gasteiger partial charge on any atom is -0.494 e. The summed E-state index contributed by atoms with van der Waals surface area (Å²) in [4.78, 5) is 11.2. The topological polar surface area (TPSA) is 78.8 Å². The van der Waals surface area contributed by atoms with E-state index in [1.807, 2.05) is 37.3 Å². The molecule has 0 atom stereocenters. The van der Waals surface area contributed by atoms with Crippen molar-refractivity contribution in [1.29, 1.82) is 5.26 Å². The van der Waals surface area contributed by atoms with Gasteiger partial charge in [0, 0.05) is 5.56 Å². The summed E-state index contributed by atoms with van der Waals surface area (Å²) in [5, 5.41) is 15.0. The van der Waals surface area contributed by atoms with Gasteiger partial charge in [-0.1, -0.05) is 12.1 Å². The molecule has 2 rings (SSSR count). The molecule has 2 aromatic rings. The van der Waals surface area contributed by atoms with Crippen LogP contribution in [0.1, 0.15) is 12.5 Å². The van der Waals surface area contributed by atoms with Crippen LogP contribution in [-0.2, 0) is 0 Å². The maximum atomic E-state index is 11.2. The van der Waals surface area contributed by atoms with Gasteiger partial charge in [0.25, 0.3) is 5.56 Å². The highest BCUT2D eigenvalue weighted by Gasteiger charge is 2.05. The zero-order valence-corrected chi connectivity index (χ0v) is 9.80. The van der Waals surface area contributed by atoms with E-state index in [0.29, 0.717) is 12.3 Å². The van der Waals surface area contributed by atoms with Crippen LogP contribution in [0.3, 0.4) is 0 Å². The molecule has 0 bridgehead atoms. The maximum Gasteiger partial charge on any atom is 0.282 e. The summed E-state index contributed by atoms with van der Waals surface area (Å²) in [5.74, 6) is 0.724. The van der Waals surface area contributed by atoms with Crippen LogP contribution in [-0.4, -0.2) is 16.8 Å². The first-order valence-electron chi connectivity index (χ1n) is 5.47. The molecule has 0 amide bonds. The largest absolute Gasteiger partial charge is 0.494 e. The average molecular weight is 241 g/mol. The Morgan fingerprint density at radius 1 is 1.44 bits per heavy atom. The van der Waals surface area contributed by atoms with E-state index in [1.54, 1.807) is 0 Å². The summed E-state index contributed by atoms with van der Waals surface area (Å²) in [7, 11) is 0. The summed E-state index contributed by atoms with van der Waals surface area (Å²) < 4.78 is 5.38. The van der Waals surface area contributed by atoms with Crippen molar-refractivity contribution in [3.63, 3.8) is 0 Å². The number of nitrogens with zero attached hydrogens (tertiary/aromatic N) is 2. The fraction of sp³-hybridized carbons (Fsp3) is 0.154. The zero-order valence-electron chi connectivity index (χ0n) is 9.80. The SMILES string of the molecule is CCOc1cccc(-c2cc(C#N)c(=O)[nH]n2)c1. The van der Waals surface area contributed by atoms with Gasteiger partial charge in [-0.05, 0) is 25.1 Å². The normalized spacial score (nSPS) is 9.78. The molecule has 0 saturated heterocycles. The number of nitriles is 1. The van der Waals surface area contributed by atoms with Crippen LogP contribution in [0.25, 0.3) is 11.3 Å². The molecule has 0 aliphatic heterocycles. The lowest BCUT2D eigenvalue weighted by Gasteiger charge is -2.05. The first kappa shape index (κ1) is 11.9. The number of ether oxygens (including phenoxy) is 1. The number of H-pyrrole nitrogens is 1. The molecule has 5 nitrogen and oxygen atoms in total. The van der Waals surface area contributed by atoms with Crippen molar-refractivity contribution >= 4 is 0 Å². The van der Waals surface area contributed by atoms with Crippen LogP contribution in [0.5, 0.6) is 5.75 Å². The van der Waals surface area contributed by atoms with Crippen molar-refractivity contribution in [3.05, 3.63) is 46.2 Å². The Kier molecular flexibility index (Phi) is 3.39. The van der Waals surface area contributed by atoms with Gasteiger partial charge >= 0.3 is 0 Å². The van der Waals surface area contributed by atoms with Crippen LogP contribution >= 0.6 is 0 Å². The molecular formula is C13H11N3O2. The van der Waals surface area contributed by atoms with Crippen LogP contribution < -0.4 is 10.3 Å². The van der Waals surface area contributed by atoms with E-state index in [4.69, 9.17) is 10.00 Å². The number of hydrogen-bond donors (Lipinski definition) is 1. The van der Waals surface area contributed by atoms with Gasteiger partial charge in [0.05, 0.1) is 12.3 Å². The molecule has 0 aliphatic rings. The minimum atomic E-state index is -0.484. The Bertz CT molecular complexity index is 656. The van der Waals surface area contributed by atoms with Crippen LogP contribution in [0.2, 0.25) is 0 Å². The van der Waals surface area contributed by atoms with Crippen molar-refractivity contribution in [2.24, 2.45) is 0 Å². The summed E-state index contributed by atoms with van der Waals surface area (Å²) in [5.41, 5.74) is 0.880. The third-order valence-electron chi connectivity index (χ3n) is 2.36. The Hall–Kier alpha value is -2.61. The molecule has 18 heavy (non-hydrogen) atoms. The lowest BCUT2D eigenvalue weighted by Crippen LogP contribution is -2.12. The van der Waals surface area contributed by atoms with E-state index in [-0.39, 0.29) is 5.56 Å². The quantitative estimate of drug-likeness (QED) is 0.887. The molecule has 1 heterocycles. The smallest absolute Gasteiger partial charge is 0.282 e. The first-order valence-corrected chi connectivity index (χ1v) is 5.47. The number of benzene rings is 1. The van der Waals surface area contributed by atoms with E-state index in [0.717, 1.165) is 11.3 Å². The van der Waals surface area contributed by atoms with Crippen LogP contribution in [0.4, 0.5) is 0 Å². The average Bonchev–Trinajstić information content (AvgIpc) is 2.40. The molecular weight excluding hydrogens is 230 g/mol. The number of aromatic nitrogens is 2. The third kappa shape index (κ3) is 2.38. The van der Waals surface area contributed by atoms with Gasteiger partial charge in [0.15, 0.2) is 0 Å². The molecule has 0 fully saturated rings. The summed E-state index contributed by atoms with van der Waals surface area (Å²) >= 11 is 0. The van der Waals surface area contributed by atoms with Gasteiger partial charge in [-0.25, -0.2) is 5.10 Å². The van der Waals surface area contributed by atoms with Gasteiger partial charge in [-0.3, -0.25) is 4.79 Å². The lowest BCUT2D eigenvalue weighted by molar-refractivity contribution is 0.340. The van der Waals surface area contributed by atoms with E-state index in [1.165, 1.54) is 6.07 Å². The predicted molar refractivity (Wildman–Crippen MR) is 66.2 cm³/mol. The molecule has 0 radical (unpaired) electrons. The highest BCUT2D eigenvalue weighted by atomic mass is 16.5. The molecule has 5 heteroatoms. The molecule has 0 unspecified atom stereocenters. The Morgan fingerprint density at radius 3 is 3.00 bits per heavy atom. The van der Waals surface area contributed by atoms with Crippen molar-refractivity contribution in [1.82, 2.24) is 10.2 Å². The van der Waals surface area contributed by atoms with E-state index < -0.39 is 5.56 Å². The summed E-state index contributed by atoms with van der Waals surface area (Å²) in [6, 6.07) is 10.6. The molecule has 0 saturated carbocycles. The number of aromatic amines is 1. The molecule has 1 N–H and O–H groups in total. The van der Waals surface area contributed by atoms with Crippen molar-refractivity contribution in [2.45, 2.75) is 6.92 Å². The third-order valence-corrected chi connectivity index (χ3v) is 2.36. The second-order valence-electron chi connectivity index (χ2n) is 3.57. The van der Waals surface area contributed by atoms with E-state index in [2.05, 4.69) is 10.2 Å². The summed E-state index contributed by atoms with van der Waals surface area (Å²) in [6.07, 6.45) is 0. The van der Waals surface area contributed by atoms with Gasteiger partial charge in [0.1, 0.15) is 17.4 Å². The molecule has 1 aromatic heterocycles.